The van der Waals surface area contributed by atoms with Gasteiger partial charge in [-0.3, -0.25) is 14.4 Å². The lowest BCUT2D eigenvalue weighted by molar-refractivity contribution is -0.138. The first-order valence-corrected chi connectivity index (χ1v) is 6.18. The minimum absolute atomic E-state index is 0.303. The lowest BCUT2D eigenvalue weighted by Gasteiger charge is -2.32. The average Bonchev–Trinajstić information content (AvgIpc) is 2.85. The predicted molar refractivity (Wildman–Crippen MR) is 70.2 cm³/mol. The Kier molecular flexibility index (Phi) is 3.25. The van der Waals surface area contributed by atoms with Crippen LogP contribution in [0, 0.1) is 0 Å². The first kappa shape index (κ1) is 14.0. The second kappa shape index (κ2) is 4.63. The number of hydrogen-bond donors (Lipinski definition) is 2. The van der Waals surface area contributed by atoms with Gasteiger partial charge in [0.15, 0.2) is 17.3 Å². The van der Waals surface area contributed by atoms with Crippen molar-refractivity contribution in [2.75, 3.05) is 0 Å². The number of aliphatic hydroxyl groups is 1. The van der Waals surface area contributed by atoms with Crippen LogP contribution in [-0.4, -0.2) is 32.3 Å². The van der Waals surface area contributed by atoms with Crippen molar-refractivity contribution in [2.45, 2.75) is 32.2 Å². The van der Waals surface area contributed by atoms with Crippen LogP contribution in [0.2, 0.25) is 0 Å². The van der Waals surface area contributed by atoms with Gasteiger partial charge in [-0.25, -0.2) is 0 Å². The van der Waals surface area contributed by atoms with Crippen molar-refractivity contribution >= 4 is 23.3 Å². The van der Waals surface area contributed by atoms with Crippen LogP contribution in [0.1, 0.15) is 32.4 Å². The number of carboxylic acid groups (broad SMARTS) is 1. The second-order valence-corrected chi connectivity index (χ2v) is 5.19. The van der Waals surface area contributed by atoms with Gasteiger partial charge in [-0.2, -0.15) is 0 Å². The van der Waals surface area contributed by atoms with Gasteiger partial charge in [0.2, 0.25) is 0 Å². The molecule has 0 radical (unpaired) electrons. The van der Waals surface area contributed by atoms with E-state index >= 15 is 0 Å². The van der Waals surface area contributed by atoms with Crippen LogP contribution in [0.25, 0.3) is 5.76 Å². The number of aromatic nitrogens is 1. The molecule has 0 amide bonds. The van der Waals surface area contributed by atoms with Gasteiger partial charge in [0, 0.05) is 12.6 Å². The molecular weight excluding hydrogens is 262 g/mol. The molecule has 6 heteroatoms. The Hall–Kier alpha value is -2.37. The third kappa shape index (κ3) is 2.03. The fourth-order valence-corrected chi connectivity index (χ4v) is 2.32. The molecule has 20 heavy (non-hydrogen) atoms. The maximum atomic E-state index is 12.4. The maximum Gasteiger partial charge on any atom is 0.303 e. The standard InChI is InChI=1S/C14H15NO5/c1-14(2)13(20)11(9(16)5-6-10(17)18)12(19)8-4-3-7-15(8)14/h3-4,7,19H,5-6H2,1-2H3,(H,17,18). The van der Waals surface area contributed by atoms with E-state index in [4.69, 9.17) is 5.11 Å². The second-order valence-electron chi connectivity index (χ2n) is 5.19. The highest BCUT2D eigenvalue weighted by molar-refractivity contribution is 6.27. The molecule has 0 unspecified atom stereocenters. The Labute approximate surface area is 115 Å². The largest absolute Gasteiger partial charge is 0.505 e. The zero-order chi connectivity index (χ0) is 15.1. The third-order valence-corrected chi connectivity index (χ3v) is 3.46. The molecule has 0 aromatic carbocycles. The van der Waals surface area contributed by atoms with Gasteiger partial charge < -0.3 is 14.8 Å². The minimum Gasteiger partial charge on any atom is -0.505 e. The molecule has 1 aliphatic rings. The van der Waals surface area contributed by atoms with E-state index < -0.39 is 23.1 Å². The molecule has 0 bridgehead atoms. The third-order valence-electron chi connectivity index (χ3n) is 3.46. The number of carboxylic acids is 1. The number of carbonyl (C=O) groups excluding carboxylic acids is 2. The van der Waals surface area contributed by atoms with Gasteiger partial charge in [-0.1, -0.05) is 0 Å². The molecule has 0 saturated heterocycles. The van der Waals surface area contributed by atoms with Crippen molar-refractivity contribution in [1.82, 2.24) is 4.57 Å². The van der Waals surface area contributed by atoms with Crippen molar-refractivity contribution in [3.8, 4) is 0 Å². The summed E-state index contributed by atoms with van der Waals surface area (Å²) in [7, 11) is 0. The van der Waals surface area contributed by atoms with E-state index in [1.165, 1.54) is 0 Å². The van der Waals surface area contributed by atoms with Gasteiger partial charge in [-0.05, 0) is 26.0 Å². The van der Waals surface area contributed by atoms with E-state index in [0.717, 1.165) is 0 Å². The molecule has 1 aromatic heterocycles. The molecule has 0 atom stereocenters. The van der Waals surface area contributed by atoms with Gasteiger partial charge in [0.25, 0.3) is 0 Å². The number of aliphatic hydroxyl groups excluding tert-OH is 1. The van der Waals surface area contributed by atoms with Gasteiger partial charge in [0.05, 0.1) is 12.1 Å². The summed E-state index contributed by atoms with van der Waals surface area (Å²) in [6.45, 7) is 3.30. The monoisotopic (exact) mass is 277 g/mol. The zero-order valence-electron chi connectivity index (χ0n) is 11.2. The average molecular weight is 277 g/mol. The topological polar surface area (TPSA) is 96.6 Å². The summed E-state index contributed by atoms with van der Waals surface area (Å²) in [5, 5.41) is 18.7. The Balaban J connectivity index is 2.47. The van der Waals surface area contributed by atoms with E-state index in [2.05, 4.69) is 0 Å². The van der Waals surface area contributed by atoms with Crippen LogP contribution in [0.3, 0.4) is 0 Å². The van der Waals surface area contributed by atoms with Gasteiger partial charge in [0.1, 0.15) is 11.1 Å². The Morgan fingerprint density at radius 2 is 1.95 bits per heavy atom. The van der Waals surface area contributed by atoms with Crippen molar-refractivity contribution in [2.24, 2.45) is 0 Å². The van der Waals surface area contributed by atoms with E-state index in [-0.39, 0.29) is 24.2 Å². The summed E-state index contributed by atoms with van der Waals surface area (Å²) in [5.41, 5.74) is -0.907. The molecular formula is C14H15NO5. The summed E-state index contributed by atoms with van der Waals surface area (Å²) in [5.74, 6) is -2.65. The molecule has 2 N–H and O–H groups in total. The van der Waals surface area contributed by atoms with Crippen molar-refractivity contribution in [3.63, 3.8) is 0 Å². The Morgan fingerprint density at radius 1 is 1.30 bits per heavy atom. The van der Waals surface area contributed by atoms with Crippen LogP contribution in [-0.2, 0) is 19.9 Å². The summed E-state index contributed by atoms with van der Waals surface area (Å²) in [6.07, 6.45) is 0.976. The number of rotatable bonds is 4. The maximum absolute atomic E-state index is 12.4. The van der Waals surface area contributed by atoms with Gasteiger partial charge in [-0.15, -0.1) is 0 Å². The Bertz CT molecular complexity index is 636. The van der Waals surface area contributed by atoms with Crippen LogP contribution in [0.4, 0.5) is 0 Å². The molecule has 0 spiro atoms. The number of nitrogens with zero attached hydrogens (tertiary/aromatic N) is 1. The number of carbonyl (C=O) groups is 3. The fourth-order valence-electron chi connectivity index (χ4n) is 2.32. The number of ketones is 2. The van der Waals surface area contributed by atoms with Crippen molar-refractivity contribution < 1.29 is 24.6 Å². The molecule has 6 nitrogen and oxygen atoms in total. The summed E-state index contributed by atoms with van der Waals surface area (Å²) < 4.78 is 1.60. The number of hydrogen-bond acceptors (Lipinski definition) is 4. The van der Waals surface area contributed by atoms with Crippen LogP contribution >= 0.6 is 0 Å². The normalized spacial score (nSPS) is 17.0. The van der Waals surface area contributed by atoms with E-state index in [1.807, 2.05) is 0 Å². The lowest BCUT2D eigenvalue weighted by atomic mass is 9.85. The van der Waals surface area contributed by atoms with Crippen molar-refractivity contribution in [1.29, 1.82) is 0 Å². The number of allylic oxidation sites excluding steroid dienone is 1. The summed E-state index contributed by atoms with van der Waals surface area (Å²) >= 11 is 0. The van der Waals surface area contributed by atoms with E-state index in [9.17, 15) is 19.5 Å². The fraction of sp³-hybridized carbons (Fsp3) is 0.357. The first-order valence-electron chi connectivity index (χ1n) is 6.18. The zero-order valence-corrected chi connectivity index (χ0v) is 11.2. The number of fused-ring (bicyclic) bond motifs is 1. The Morgan fingerprint density at radius 3 is 2.55 bits per heavy atom. The van der Waals surface area contributed by atoms with Gasteiger partial charge >= 0.3 is 5.97 Å². The molecule has 0 aliphatic carbocycles. The first-order chi connectivity index (χ1) is 9.26. The number of aliphatic carboxylic acids is 1. The van der Waals surface area contributed by atoms with Crippen LogP contribution < -0.4 is 0 Å². The van der Waals surface area contributed by atoms with E-state index in [0.29, 0.717) is 5.69 Å². The quantitative estimate of drug-likeness (QED) is 0.813. The van der Waals surface area contributed by atoms with Crippen LogP contribution in [0.5, 0.6) is 0 Å². The molecule has 2 heterocycles. The molecule has 1 aliphatic heterocycles. The van der Waals surface area contributed by atoms with Crippen LogP contribution in [0.15, 0.2) is 23.9 Å². The summed E-state index contributed by atoms with van der Waals surface area (Å²) in [6, 6.07) is 3.28. The predicted octanol–water partition coefficient (Wildman–Crippen LogP) is 1.51. The molecule has 0 fully saturated rings. The smallest absolute Gasteiger partial charge is 0.303 e. The highest BCUT2D eigenvalue weighted by Crippen LogP contribution is 2.34. The number of Topliss-reactive ketones (excluding diaryl/α,β-unsaturated/α-hetero) is 2. The van der Waals surface area contributed by atoms with Crippen molar-refractivity contribution in [3.05, 3.63) is 29.6 Å². The lowest BCUT2D eigenvalue weighted by Crippen LogP contribution is -2.42. The molecule has 106 valence electrons. The minimum atomic E-state index is -1.12. The molecule has 2 rings (SSSR count). The SMILES string of the molecule is CC1(C)C(=O)C(C(=O)CCC(=O)O)=C(O)c2cccn21. The summed E-state index contributed by atoms with van der Waals surface area (Å²) in [4.78, 5) is 34.9. The highest BCUT2D eigenvalue weighted by Gasteiger charge is 2.42. The molecule has 0 saturated carbocycles. The highest BCUT2D eigenvalue weighted by atomic mass is 16.4. The molecule has 1 aromatic rings. The van der Waals surface area contributed by atoms with E-state index in [1.54, 1.807) is 36.7 Å².